The average molecular weight is 172 g/mol. The smallest absolute Gasteiger partial charge is 0.320 e. The topological polar surface area (TPSA) is 98.0 Å². The van der Waals surface area contributed by atoms with Gasteiger partial charge in [0.25, 0.3) is 0 Å². The van der Waals surface area contributed by atoms with Crippen LogP contribution in [0.1, 0.15) is 6.92 Å². The highest BCUT2D eigenvalue weighted by molar-refractivity contribution is 7.51. The molecule has 0 saturated carbocycles. The van der Waals surface area contributed by atoms with Gasteiger partial charge in [0, 0.05) is 0 Å². The van der Waals surface area contributed by atoms with Crippen molar-refractivity contribution < 1.29 is 29.6 Å². The number of rotatable bonds is 3. The molecule has 0 unspecified atom stereocenters. The summed E-state index contributed by atoms with van der Waals surface area (Å²) >= 11 is 0. The van der Waals surface area contributed by atoms with Crippen LogP contribution in [0.15, 0.2) is 0 Å². The Bertz CT molecular complexity index is 151. The molecule has 0 fully saturated rings. The van der Waals surface area contributed by atoms with Crippen LogP contribution in [0.3, 0.4) is 0 Å². The van der Waals surface area contributed by atoms with Crippen LogP contribution in [0.2, 0.25) is 0 Å². The van der Waals surface area contributed by atoms with Gasteiger partial charge < -0.3 is 9.79 Å². The number of quaternary nitrogens is 1. The Morgan fingerprint density at radius 2 is 1.80 bits per heavy atom. The molecule has 0 aromatic carbocycles. The first-order valence-electron chi connectivity index (χ1n) is 2.64. The summed E-state index contributed by atoms with van der Waals surface area (Å²) in [5.41, 5.74) is 0. The lowest BCUT2D eigenvalue weighted by molar-refractivity contribution is -1.24. The van der Waals surface area contributed by atoms with Crippen LogP contribution in [0.4, 0.5) is 0 Å². The molecule has 0 radical (unpaired) electrons. The van der Waals surface area contributed by atoms with Crippen molar-refractivity contribution in [2.75, 3.05) is 12.8 Å². The van der Waals surface area contributed by atoms with Crippen LogP contribution >= 0.6 is 7.60 Å². The van der Waals surface area contributed by atoms with Crippen LogP contribution in [0.25, 0.3) is 0 Å². The van der Waals surface area contributed by atoms with E-state index in [0.717, 1.165) is 0 Å². The third kappa shape index (κ3) is 4.87. The summed E-state index contributed by atoms with van der Waals surface area (Å²) in [5, 5.41) is 17.3. The van der Waals surface area contributed by atoms with E-state index in [1.165, 1.54) is 6.92 Å². The number of hydroxylamine groups is 4. The van der Waals surface area contributed by atoms with E-state index in [0.29, 0.717) is 0 Å². The molecule has 7 heteroatoms. The largest absolute Gasteiger partial charge is 0.385 e. The maximum atomic E-state index is 10.2. The molecule has 4 N–H and O–H groups in total. The molecule has 0 bridgehead atoms. The van der Waals surface area contributed by atoms with E-state index in [2.05, 4.69) is 0 Å². The molecule has 0 atom stereocenters. The van der Waals surface area contributed by atoms with E-state index in [1.807, 2.05) is 0 Å². The van der Waals surface area contributed by atoms with Crippen LogP contribution in [0, 0.1) is 0 Å². The second-order valence-electron chi connectivity index (χ2n) is 2.00. The third-order valence-electron chi connectivity index (χ3n) is 0.917. The van der Waals surface area contributed by atoms with Crippen molar-refractivity contribution in [1.29, 1.82) is 0 Å². The summed E-state index contributed by atoms with van der Waals surface area (Å²) in [6.07, 6.45) is -0.969. The number of hydrogen-bond acceptors (Lipinski definition) is 3. The van der Waals surface area contributed by atoms with Crippen molar-refractivity contribution in [3.05, 3.63) is 0 Å². The fourth-order valence-electron chi connectivity index (χ4n) is 0.395. The Balaban J connectivity index is 4.02. The Labute approximate surface area is 58.0 Å². The third-order valence-corrected chi connectivity index (χ3v) is 1.74. The Kier molecular flexibility index (Phi) is 2.97. The lowest BCUT2D eigenvalue weighted by Crippen LogP contribution is -2.41. The van der Waals surface area contributed by atoms with Gasteiger partial charge in [-0.2, -0.15) is 10.4 Å². The minimum atomic E-state index is -4.33. The molecular weight excluding hydrogens is 161 g/mol. The van der Waals surface area contributed by atoms with Crippen molar-refractivity contribution in [2.24, 2.45) is 0 Å². The molecule has 0 rings (SSSR count). The monoisotopic (exact) mass is 172 g/mol. The maximum Gasteiger partial charge on any atom is 0.385 e. The fraction of sp³-hybridized carbons (Fsp3) is 1.00. The minimum Gasteiger partial charge on any atom is -0.320 e. The fourth-order valence-corrected chi connectivity index (χ4v) is 1.19. The maximum absolute atomic E-state index is 10.2. The standard InChI is InChI=1S/C3H10NO5P/c1-2-4(5,6)3-10(7,8)9/h5-6H,2-3H2,1H3,(H-,7,8,9)/p+1. The molecule has 0 aromatic rings. The lowest BCUT2D eigenvalue weighted by atomic mass is 10.7. The second-order valence-corrected chi connectivity index (χ2v) is 3.61. The Morgan fingerprint density at radius 1 is 1.40 bits per heavy atom. The van der Waals surface area contributed by atoms with Crippen molar-refractivity contribution in [2.45, 2.75) is 6.92 Å². The van der Waals surface area contributed by atoms with Crippen LogP contribution < -0.4 is 0 Å². The lowest BCUT2D eigenvalue weighted by Gasteiger charge is -2.18. The highest BCUT2D eigenvalue weighted by Gasteiger charge is 2.31. The van der Waals surface area contributed by atoms with Gasteiger partial charge in [-0.25, -0.2) is 0 Å². The van der Waals surface area contributed by atoms with Gasteiger partial charge in [-0.1, -0.05) is 0 Å². The van der Waals surface area contributed by atoms with Gasteiger partial charge in [0.05, 0.1) is 0 Å². The highest BCUT2D eigenvalue weighted by Crippen LogP contribution is 2.36. The zero-order valence-corrected chi connectivity index (χ0v) is 6.40. The first-order chi connectivity index (χ1) is 4.27. The molecule has 0 aliphatic heterocycles. The predicted octanol–water partition coefficient (Wildman–Crippen LogP) is -0.263. The van der Waals surface area contributed by atoms with Crippen molar-refractivity contribution in [3.8, 4) is 0 Å². The molecule has 0 aliphatic rings. The summed E-state index contributed by atoms with van der Waals surface area (Å²) in [4.78, 5) is 14.9. The molecular formula is C3H11NO5P+. The van der Waals surface area contributed by atoms with Crippen molar-refractivity contribution in [3.63, 3.8) is 0 Å². The predicted molar refractivity (Wildman–Crippen MR) is 31.3 cm³/mol. The van der Waals surface area contributed by atoms with Crippen LogP contribution in [-0.2, 0) is 4.57 Å². The molecule has 0 heterocycles. The summed E-state index contributed by atoms with van der Waals surface area (Å²) in [7, 11) is -4.33. The molecule has 0 spiro atoms. The molecule has 10 heavy (non-hydrogen) atoms. The summed E-state index contributed by atoms with van der Waals surface area (Å²) < 4.78 is 10.2. The molecule has 0 aliphatic carbocycles. The average Bonchev–Trinajstić information content (AvgIpc) is 1.60. The SMILES string of the molecule is CC[N+](O)(O)CP(=O)(O)O. The molecule has 0 saturated heterocycles. The van der Waals surface area contributed by atoms with Crippen molar-refractivity contribution in [1.82, 2.24) is 0 Å². The number of hydrogen-bond donors (Lipinski definition) is 4. The van der Waals surface area contributed by atoms with Gasteiger partial charge in [0.15, 0.2) is 0 Å². The van der Waals surface area contributed by atoms with E-state index >= 15 is 0 Å². The second kappa shape index (κ2) is 2.96. The van der Waals surface area contributed by atoms with E-state index in [1.54, 1.807) is 0 Å². The van der Waals surface area contributed by atoms with E-state index in [-0.39, 0.29) is 6.54 Å². The molecule has 0 aromatic heterocycles. The molecule has 62 valence electrons. The Morgan fingerprint density at radius 3 is 1.90 bits per heavy atom. The van der Waals surface area contributed by atoms with Gasteiger partial charge >= 0.3 is 7.60 Å². The van der Waals surface area contributed by atoms with E-state index in [9.17, 15) is 4.57 Å². The van der Waals surface area contributed by atoms with Gasteiger partial charge in [-0.3, -0.25) is 4.57 Å². The zero-order chi connectivity index (χ0) is 8.41. The first kappa shape index (κ1) is 10.0. The summed E-state index contributed by atoms with van der Waals surface area (Å²) in [6, 6.07) is 0. The van der Waals surface area contributed by atoms with Gasteiger partial charge in [0.2, 0.25) is 6.29 Å². The van der Waals surface area contributed by atoms with E-state index in [4.69, 9.17) is 20.2 Å². The molecule has 0 amide bonds. The minimum absolute atomic E-state index is 0.162. The van der Waals surface area contributed by atoms with Crippen molar-refractivity contribution >= 4 is 7.60 Å². The van der Waals surface area contributed by atoms with Gasteiger partial charge in [0.1, 0.15) is 6.54 Å². The van der Waals surface area contributed by atoms with Crippen LogP contribution in [0.5, 0.6) is 0 Å². The quantitative estimate of drug-likeness (QED) is 0.267. The Hall–Kier alpha value is 0.0300. The first-order valence-corrected chi connectivity index (χ1v) is 4.44. The van der Waals surface area contributed by atoms with Gasteiger partial charge in [-0.05, 0) is 11.7 Å². The summed E-state index contributed by atoms with van der Waals surface area (Å²) in [5.74, 6) is 0. The van der Waals surface area contributed by atoms with E-state index < -0.39 is 18.7 Å². The van der Waals surface area contributed by atoms with Gasteiger partial charge in [-0.15, -0.1) is 0 Å². The zero-order valence-electron chi connectivity index (χ0n) is 5.51. The highest BCUT2D eigenvalue weighted by atomic mass is 31.2. The normalized spacial score (nSPS) is 13.7. The molecule has 6 nitrogen and oxygen atoms in total. The summed E-state index contributed by atoms with van der Waals surface area (Å²) in [6.45, 7) is 1.24. The van der Waals surface area contributed by atoms with Crippen LogP contribution in [-0.4, -0.2) is 37.8 Å². The number of nitrogens with zero attached hydrogens (tertiary/aromatic N) is 1.